The molecule has 84 valence electrons. The molecule has 0 aliphatic carbocycles. The molecule has 0 N–H and O–H groups in total. The van der Waals surface area contributed by atoms with Crippen molar-refractivity contribution >= 4 is 21.4 Å². The van der Waals surface area contributed by atoms with E-state index in [1.165, 1.54) is 0 Å². The molecule has 6 heteroatoms. The Labute approximate surface area is 90.1 Å². The first-order chi connectivity index (χ1) is 6.64. The third-order valence-electron chi connectivity index (χ3n) is 2.21. The molecule has 1 aliphatic rings. The molecule has 1 fully saturated rings. The lowest BCUT2D eigenvalue weighted by Crippen LogP contribution is -2.41. The minimum atomic E-state index is -2.75. The lowest BCUT2D eigenvalue weighted by molar-refractivity contribution is 0.118. The first kappa shape index (κ1) is 12.2. The summed E-state index contributed by atoms with van der Waals surface area (Å²) >= 11 is 5.44. The van der Waals surface area contributed by atoms with E-state index in [2.05, 4.69) is 4.90 Å². The SMILES string of the molecule is O=S1(=O)CCN(CCOCCCl)CC1. The van der Waals surface area contributed by atoms with Crippen LogP contribution in [0.3, 0.4) is 0 Å². The molecule has 0 aromatic carbocycles. The summed E-state index contributed by atoms with van der Waals surface area (Å²) in [7, 11) is -2.75. The van der Waals surface area contributed by atoms with Crippen molar-refractivity contribution in [1.29, 1.82) is 0 Å². The number of hydrogen-bond acceptors (Lipinski definition) is 4. The van der Waals surface area contributed by atoms with Gasteiger partial charge in [0.2, 0.25) is 0 Å². The van der Waals surface area contributed by atoms with Crippen molar-refractivity contribution in [2.45, 2.75) is 0 Å². The van der Waals surface area contributed by atoms with E-state index >= 15 is 0 Å². The fourth-order valence-corrected chi connectivity index (χ4v) is 2.71. The molecule has 0 amide bonds. The molecule has 1 heterocycles. The topological polar surface area (TPSA) is 46.6 Å². The van der Waals surface area contributed by atoms with Gasteiger partial charge in [0.15, 0.2) is 9.84 Å². The van der Waals surface area contributed by atoms with Gasteiger partial charge >= 0.3 is 0 Å². The number of nitrogens with zero attached hydrogens (tertiary/aromatic N) is 1. The lowest BCUT2D eigenvalue weighted by atomic mass is 10.5. The largest absolute Gasteiger partial charge is 0.379 e. The maximum Gasteiger partial charge on any atom is 0.152 e. The Hall–Kier alpha value is 0.160. The van der Waals surface area contributed by atoms with Crippen LogP contribution in [0, 0.1) is 0 Å². The third kappa shape index (κ3) is 4.59. The van der Waals surface area contributed by atoms with Gasteiger partial charge < -0.3 is 4.74 Å². The van der Waals surface area contributed by atoms with Crippen LogP contribution in [0.25, 0.3) is 0 Å². The Morgan fingerprint density at radius 3 is 2.43 bits per heavy atom. The number of ether oxygens (including phenoxy) is 1. The second kappa shape index (κ2) is 5.90. The minimum absolute atomic E-state index is 0.280. The van der Waals surface area contributed by atoms with Gasteiger partial charge in [0.25, 0.3) is 0 Å². The molecule has 0 spiro atoms. The summed E-state index contributed by atoms with van der Waals surface area (Å²) in [6, 6.07) is 0. The van der Waals surface area contributed by atoms with Crippen LogP contribution in [0.15, 0.2) is 0 Å². The zero-order valence-corrected chi connectivity index (χ0v) is 9.69. The summed E-state index contributed by atoms with van der Waals surface area (Å²) < 4.78 is 27.4. The first-order valence-electron chi connectivity index (χ1n) is 4.70. The number of sulfone groups is 1. The zero-order chi connectivity index (χ0) is 10.4. The van der Waals surface area contributed by atoms with Gasteiger partial charge in [0, 0.05) is 25.5 Å². The highest BCUT2D eigenvalue weighted by atomic mass is 35.5. The molecule has 0 unspecified atom stereocenters. The monoisotopic (exact) mass is 241 g/mol. The predicted molar refractivity (Wildman–Crippen MR) is 56.6 cm³/mol. The van der Waals surface area contributed by atoms with Crippen LogP contribution in [0.4, 0.5) is 0 Å². The Morgan fingerprint density at radius 1 is 1.21 bits per heavy atom. The second-order valence-corrected chi connectivity index (χ2v) is 5.98. The number of hydrogen-bond donors (Lipinski definition) is 0. The van der Waals surface area contributed by atoms with Crippen LogP contribution in [0.5, 0.6) is 0 Å². The van der Waals surface area contributed by atoms with Crippen LogP contribution in [-0.2, 0) is 14.6 Å². The van der Waals surface area contributed by atoms with E-state index in [0.29, 0.717) is 32.2 Å². The summed E-state index contributed by atoms with van der Waals surface area (Å²) in [5.74, 6) is 1.07. The van der Waals surface area contributed by atoms with Gasteiger partial charge in [-0.15, -0.1) is 11.6 Å². The van der Waals surface area contributed by atoms with Gasteiger partial charge in [0.05, 0.1) is 24.7 Å². The van der Waals surface area contributed by atoms with Gasteiger partial charge in [-0.25, -0.2) is 8.42 Å². The Kier molecular flexibility index (Phi) is 5.15. The van der Waals surface area contributed by atoms with E-state index in [4.69, 9.17) is 16.3 Å². The molecular weight excluding hydrogens is 226 g/mol. The molecule has 0 aromatic rings. The highest BCUT2D eigenvalue weighted by molar-refractivity contribution is 7.91. The predicted octanol–water partition coefficient (Wildman–Crippen LogP) is -0.0278. The van der Waals surface area contributed by atoms with Gasteiger partial charge in [0.1, 0.15) is 0 Å². The normalized spacial score (nSPS) is 22.4. The Bertz CT molecular complexity index is 241. The molecule has 0 radical (unpaired) electrons. The fraction of sp³-hybridized carbons (Fsp3) is 1.00. The van der Waals surface area contributed by atoms with E-state index < -0.39 is 9.84 Å². The molecule has 1 rings (SSSR count). The maximum absolute atomic E-state index is 11.1. The molecule has 0 atom stereocenters. The van der Waals surface area contributed by atoms with Crippen molar-refractivity contribution < 1.29 is 13.2 Å². The summed E-state index contributed by atoms with van der Waals surface area (Å²) in [6.07, 6.45) is 0. The quantitative estimate of drug-likeness (QED) is 0.501. The molecule has 1 aliphatic heterocycles. The second-order valence-electron chi connectivity index (χ2n) is 3.29. The van der Waals surface area contributed by atoms with Crippen molar-refractivity contribution in [1.82, 2.24) is 4.90 Å². The van der Waals surface area contributed by atoms with Crippen LogP contribution >= 0.6 is 11.6 Å². The number of rotatable bonds is 5. The standard InChI is InChI=1S/C8H16ClNO3S/c9-1-5-13-6-2-10-3-7-14(11,12)8-4-10/h1-8H2. The van der Waals surface area contributed by atoms with Crippen molar-refractivity contribution in [2.75, 3.05) is 50.2 Å². The van der Waals surface area contributed by atoms with Crippen molar-refractivity contribution in [3.05, 3.63) is 0 Å². The average Bonchev–Trinajstić information content (AvgIpc) is 2.15. The molecule has 14 heavy (non-hydrogen) atoms. The number of halogens is 1. The van der Waals surface area contributed by atoms with Crippen LogP contribution in [0.1, 0.15) is 0 Å². The first-order valence-corrected chi connectivity index (χ1v) is 7.06. The summed E-state index contributed by atoms with van der Waals surface area (Å²) in [4.78, 5) is 2.11. The molecule has 0 aromatic heterocycles. The van der Waals surface area contributed by atoms with Crippen LogP contribution < -0.4 is 0 Å². The van der Waals surface area contributed by atoms with Gasteiger partial charge in [-0.2, -0.15) is 0 Å². The molecular formula is C8H16ClNO3S. The minimum Gasteiger partial charge on any atom is -0.379 e. The molecule has 0 bridgehead atoms. The average molecular weight is 242 g/mol. The van der Waals surface area contributed by atoms with Crippen LogP contribution in [-0.4, -0.2) is 63.6 Å². The van der Waals surface area contributed by atoms with Crippen LogP contribution in [0.2, 0.25) is 0 Å². The summed E-state index contributed by atoms with van der Waals surface area (Å²) in [6.45, 7) is 3.26. The Morgan fingerprint density at radius 2 is 1.86 bits per heavy atom. The van der Waals surface area contributed by atoms with Crippen molar-refractivity contribution in [3.8, 4) is 0 Å². The van der Waals surface area contributed by atoms with E-state index in [1.54, 1.807) is 0 Å². The molecule has 1 saturated heterocycles. The third-order valence-corrected chi connectivity index (χ3v) is 3.97. The molecule has 4 nitrogen and oxygen atoms in total. The van der Waals surface area contributed by atoms with E-state index in [0.717, 1.165) is 6.54 Å². The van der Waals surface area contributed by atoms with E-state index in [1.807, 2.05) is 0 Å². The molecule has 0 saturated carbocycles. The maximum atomic E-state index is 11.1. The van der Waals surface area contributed by atoms with Crippen molar-refractivity contribution in [2.24, 2.45) is 0 Å². The van der Waals surface area contributed by atoms with Gasteiger partial charge in [-0.05, 0) is 0 Å². The highest BCUT2D eigenvalue weighted by Crippen LogP contribution is 2.02. The highest BCUT2D eigenvalue weighted by Gasteiger charge is 2.20. The smallest absolute Gasteiger partial charge is 0.152 e. The van der Waals surface area contributed by atoms with Gasteiger partial charge in [-0.3, -0.25) is 4.90 Å². The number of alkyl halides is 1. The fourth-order valence-electron chi connectivity index (χ4n) is 1.32. The van der Waals surface area contributed by atoms with Gasteiger partial charge in [-0.1, -0.05) is 0 Å². The summed E-state index contributed by atoms with van der Waals surface area (Å²) in [5.41, 5.74) is 0. The zero-order valence-electron chi connectivity index (χ0n) is 8.12. The van der Waals surface area contributed by atoms with Crippen molar-refractivity contribution in [3.63, 3.8) is 0 Å². The Balaban J connectivity index is 2.10. The van der Waals surface area contributed by atoms with E-state index in [-0.39, 0.29) is 11.5 Å². The summed E-state index contributed by atoms with van der Waals surface area (Å²) in [5, 5.41) is 0. The van der Waals surface area contributed by atoms with E-state index in [9.17, 15) is 8.42 Å². The lowest BCUT2D eigenvalue weighted by Gasteiger charge is -2.26.